The number of aryl methyl sites for hydroxylation is 1. The van der Waals surface area contributed by atoms with Crippen molar-refractivity contribution in [2.24, 2.45) is 4.99 Å². The quantitative estimate of drug-likeness (QED) is 0.742. The van der Waals surface area contributed by atoms with E-state index < -0.39 is 0 Å². The Hall–Kier alpha value is -3.47. The van der Waals surface area contributed by atoms with Crippen LogP contribution in [-0.4, -0.2) is 16.7 Å². The van der Waals surface area contributed by atoms with E-state index in [2.05, 4.69) is 20.6 Å². The molecule has 25 heavy (non-hydrogen) atoms. The molecule has 122 valence electrons. The summed E-state index contributed by atoms with van der Waals surface area (Å²) in [7, 11) is 0. The molecule has 0 bridgehead atoms. The number of hydrogen-bond donors (Lipinski definition) is 2. The van der Waals surface area contributed by atoms with Gasteiger partial charge in [0.15, 0.2) is 5.84 Å². The Morgan fingerprint density at radius 1 is 1.00 bits per heavy atom. The molecule has 4 rings (SSSR count). The molecular formula is C20H16N4O. The summed E-state index contributed by atoms with van der Waals surface area (Å²) >= 11 is 0. The van der Waals surface area contributed by atoms with Crippen molar-refractivity contribution in [3.05, 3.63) is 72.4 Å². The van der Waals surface area contributed by atoms with E-state index in [0.717, 1.165) is 28.1 Å². The normalized spacial score (nSPS) is 12.1. The number of aliphatic imine (C=N–C) groups is 1. The summed E-state index contributed by atoms with van der Waals surface area (Å²) in [6, 6.07) is 19.3. The van der Waals surface area contributed by atoms with Crippen LogP contribution >= 0.6 is 0 Å². The Kier molecular flexibility index (Phi) is 3.74. The number of nitrogens with one attached hydrogen (secondary N) is 2. The van der Waals surface area contributed by atoms with Gasteiger partial charge in [-0.2, -0.15) is 0 Å². The SMILES string of the molecule is Cc1ccnc(NC(=O)C2=Nc3ccccc3-c3ccccc3N2)c1. The number of amidine groups is 1. The molecule has 1 amide bonds. The Morgan fingerprint density at radius 2 is 1.76 bits per heavy atom. The topological polar surface area (TPSA) is 66.4 Å². The molecular weight excluding hydrogens is 312 g/mol. The van der Waals surface area contributed by atoms with Gasteiger partial charge in [-0.1, -0.05) is 36.4 Å². The van der Waals surface area contributed by atoms with Gasteiger partial charge >= 0.3 is 0 Å². The van der Waals surface area contributed by atoms with Crippen molar-refractivity contribution in [2.75, 3.05) is 10.6 Å². The molecule has 0 fully saturated rings. The summed E-state index contributed by atoms with van der Waals surface area (Å²) in [5.74, 6) is 0.408. The molecule has 2 N–H and O–H groups in total. The van der Waals surface area contributed by atoms with Gasteiger partial charge in [-0.3, -0.25) is 4.79 Å². The molecule has 0 spiro atoms. The largest absolute Gasteiger partial charge is 0.335 e. The Labute approximate surface area is 145 Å². The van der Waals surface area contributed by atoms with E-state index in [1.165, 1.54) is 0 Å². The number of rotatable bonds is 2. The molecule has 0 atom stereocenters. The molecule has 2 aromatic carbocycles. The third-order valence-corrected chi connectivity index (χ3v) is 3.98. The zero-order valence-corrected chi connectivity index (χ0v) is 13.7. The van der Waals surface area contributed by atoms with Gasteiger partial charge in [-0.15, -0.1) is 0 Å². The van der Waals surface area contributed by atoms with Crippen molar-refractivity contribution >= 4 is 28.9 Å². The number of para-hydroxylation sites is 2. The van der Waals surface area contributed by atoms with E-state index in [0.29, 0.717) is 5.82 Å². The van der Waals surface area contributed by atoms with Gasteiger partial charge in [0.25, 0.3) is 5.91 Å². The number of amides is 1. The summed E-state index contributed by atoms with van der Waals surface area (Å²) in [6.07, 6.45) is 1.66. The highest BCUT2D eigenvalue weighted by molar-refractivity contribution is 6.47. The van der Waals surface area contributed by atoms with Crippen LogP contribution in [0.1, 0.15) is 5.56 Å². The molecule has 2 heterocycles. The second-order valence-corrected chi connectivity index (χ2v) is 5.82. The van der Waals surface area contributed by atoms with Crippen LogP contribution in [0.3, 0.4) is 0 Å². The summed E-state index contributed by atoms with van der Waals surface area (Å²) in [5, 5.41) is 5.95. The van der Waals surface area contributed by atoms with Crippen molar-refractivity contribution in [2.45, 2.75) is 6.92 Å². The lowest BCUT2D eigenvalue weighted by Crippen LogP contribution is -2.29. The minimum absolute atomic E-state index is 0.237. The second kappa shape index (κ2) is 6.20. The number of nitrogens with zero attached hydrogens (tertiary/aromatic N) is 2. The third-order valence-electron chi connectivity index (χ3n) is 3.98. The molecule has 0 unspecified atom stereocenters. The van der Waals surface area contributed by atoms with E-state index in [9.17, 15) is 4.79 Å². The zero-order chi connectivity index (χ0) is 17.2. The monoisotopic (exact) mass is 328 g/mol. The number of hydrogen-bond acceptors (Lipinski definition) is 4. The molecule has 0 radical (unpaired) electrons. The molecule has 0 aliphatic carbocycles. The fourth-order valence-corrected chi connectivity index (χ4v) is 2.79. The Morgan fingerprint density at radius 3 is 2.60 bits per heavy atom. The standard InChI is InChI=1S/C20H16N4O/c1-13-10-11-21-18(12-13)24-20(25)19-22-16-8-4-2-6-14(16)15-7-3-5-9-17(15)23-19/h2-12H,1H3,(H,22,23)(H,21,24,25). The molecule has 5 nitrogen and oxygen atoms in total. The van der Waals surface area contributed by atoms with E-state index in [4.69, 9.17) is 0 Å². The fraction of sp³-hybridized carbons (Fsp3) is 0.0500. The lowest BCUT2D eigenvalue weighted by Gasteiger charge is -2.10. The van der Waals surface area contributed by atoms with Crippen molar-refractivity contribution in [1.82, 2.24) is 4.98 Å². The Balaban J connectivity index is 1.73. The van der Waals surface area contributed by atoms with Crippen molar-refractivity contribution in [3.63, 3.8) is 0 Å². The average molecular weight is 328 g/mol. The second-order valence-electron chi connectivity index (χ2n) is 5.82. The number of pyridine rings is 1. The predicted molar refractivity (Wildman–Crippen MR) is 100 cm³/mol. The van der Waals surface area contributed by atoms with Crippen LogP contribution in [0, 0.1) is 6.92 Å². The summed E-state index contributed by atoms with van der Waals surface area (Å²) in [4.78, 5) is 21.4. The first kappa shape index (κ1) is 15.1. The number of anilines is 2. The maximum atomic E-state index is 12.7. The lowest BCUT2D eigenvalue weighted by atomic mass is 10.0. The number of carbonyl (C=O) groups excluding carboxylic acids is 1. The van der Waals surface area contributed by atoms with Gasteiger partial charge in [0.05, 0.1) is 5.69 Å². The maximum Gasteiger partial charge on any atom is 0.292 e. The van der Waals surface area contributed by atoms with Crippen LogP contribution in [0.2, 0.25) is 0 Å². The zero-order valence-electron chi connectivity index (χ0n) is 13.7. The van der Waals surface area contributed by atoms with Crippen LogP contribution < -0.4 is 10.6 Å². The Bertz CT molecular complexity index is 994. The van der Waals surface area contributed by atoms with Gasteiger partial charge in [-0.05, 0) is 36.8 Å². The van der Waals surface area contributed by atoms with E-state index >= 15 is 0 Å². The fourth-order valence-electron chi connectivity index (χ4n) is 2.79. The molecule has 0 saturated heterocycles. The van der Waals surface area contributed by atoms with Crippen molar-refractivity contribution in [3.8, 4) is 11.1 Å². The minimum Gasteiger partial charge on any atom is -0.335 e. The van der Waals surface area contributed by atoms with Crippen LogP contribution in [0.15, 0.2) is 71.9 Å². The van der Waals surface area contributed by atoms with Crippen LogP contribution in [0.5, 0.6) is 0 Å². The molecule has 1 aromatic heterocycles. The van der Waals surface area contributed by atoms with Crippen LogP contribution in [0.25, 0.3) is 11.1 Å². The summed E-state index contributed by atoms with van der Waals surface area (Å²) in [6.45, 7) is 1.95. The molecule has 3 aromatic rings. The number of benzene rings is 2. The first-order valence-corrected chi connectivity index (χ1v) is 7.99. The molecule has 1 aliphatic rings. The molecule has 0 saturated carbocycles. The lowest BCUT2D eigenvalue weighted by molar-refractivity contribution is -0.110. The highest BCUT2D eigenvalue weighted by atomic mass is 16.2. The highest BCUT2D eigenvalue weighted by Gasteiger charge is 2.20. The first-order valence-electron chi connectivity index (χ1n) is 7.99. The van der Waals surface area contributed by atoms with Gasteiger partial charge in [0.2, 0.25) is 0 Å². The maximum absolute atomic E-state index is 12.7. The number of carbonyl (C=O) groups is 1. The van der Waals surface area contributed by atoms with Gasteiger partial charge in [0.1, 0.15) is 5.82 Å². The van der Waals surface area contributed by atoms with E-state index in [1.807, 2.05) is 67.6 Å². The average Bonchev–Trinajstić information content (AvgIpc) is 2.79. The van der Waals surface area contributed by atoms with Crippen molar-refractivity contribution < 1.29 is 4.79 Å². The molecule has 5 heteroatoms. The smallest absolute Gasteiger partial charge is 0.292 e. The van der Waals surface area contributed by atoms with Crippen molar-refractivity contribution in [1.29, 1.82) is 0 Å². The number of aromatic nitrogens is 1. The molecule has 1 aliphatic heterocycles. The number of fused-ring (bicyclic) bond motifs is 3. The van der Waals surface area contributed by atoms with Crippen LogP contribution in [0.4, 0.5) is 17.2 Å². The highest BCUT2D eigenvalue weighted by Crippen LogP contribution is 2.37. The van der Waals surface area contributed by atoms with E-state index in [1.54, 1.807) is 6.20 Å². The minimum atomic E-state index is -0.329. The van der Waals surface area contributed by atoms with Crippen LogP contribution in [-0.2, 0) is 4.79 Å². The van der Waals surface area contributed by atoms with Gasteiger partial charge < -0.3 is 10.6 Å². The summed E-state index contributed by atoms with van der Waals surface area (Å²) in [5.41, 5.74) is 4.62. The van der Waals surface area contributed by atoms with E-state index in [-0.39, 0.29) is 11.7 Å². The third kappa shape index (κ3) is 2.99. The summed E-state index contributed by atoms with van der Waals surface area (Å²) < 4.78 is 0. The van der Waals surface area contributed by atoms with Gasteiger partial charge in [0, 0.05) is 23.0 Å². The predicted octanol–water partition coefficient (Wildman–Crippen LogP) is 4.15. The van der Waals surface area contributed by atoms with Gasteiger partial charge in [-0.25, -0.2) is 9.98 Å². The first-order chi connectivity index (χ1) is 12.2.